The van der Waals surface area contributed by atoms with Crippen LogP contribution in [0, 0.1) is 18.8 Å². The van der Waals surface area contributed by atoms with E-state index in [4.69, 9.17) is 0 Å². The largest absolute Gasteiger partial charge is 0.338 e. The number of nitrogens with zero attached hydrogens (tertiary/aromatic N) is 3. The maximum atomic E-state index is 13.1. The highest BCUT2D eigenvalue weighted by molar-refractivity contribution is 7.86. The van der Waals surface area contributed by atoms with E-state index in [1.807, 2.05) is 66.4 Å². The molecule has 4 rings (SSSR count). The third-order valence-corrected chi connectivity index (χ3v) is 8.08. The van der Waals surface area contributed by atoms with Gasteiger partial charge in [0.1, 0.15) is 0 Å². The van der Waals surface area contributed by atoms with Crippen molar-refractivity contribution in [1.29, 1.82) is 0 Å². The van der Waals surface area contributed by atoms with Gasteiger partial charge in [0.15, 0.2) is 0 Å². The van der Waals surface area contributed by atoms with Gasteiger partial charge in [-0.3, -0.25) is 4.79 Å². The van der Waals surface area contributed by atoms with E-state index in [0.717, 1.165) is 16.7 Å². The van der Waals surface area contributed by atoms with E-state index in [-0.39, 0.29) is 23.8 Å². The maximum Gasteiger partial charge on any atom is 0.282 e. The highest BCUT2D eigenvalue weighted by Crippen LogP contribution is 2.46. The Morgan fingerprint density at radius 2 is 1.62 bits per heavy atom. The first-order valence-corrected chi connectivity index (χ1v) is 11.3. The monoisotopic (exact) mass is 413 g/mol. The van der Waals surface area contributed by atoms with Crippen LogP contribution in [0.4, 0.5) is 0 Å². The lowest BCUT2D eigenvalue weighted by molar-refractivity contribution is 0.0772. The summed E-state index contributed by atoms with van der Waals surface area (Å²) in [5.74, 6) is 0.245. The topological polar surface area (TPSA) is 60.9 Å². The fourth-order valence-corrected chi connectivity index (χ4v) is 6.03. The number of benzene rings is 2. The van der Waals surface area contributed by atoms with E-state index in [2.05, 4.69) is 0 Å². The molecule has 7 heteroatoms. The summed E-state index contributed by atoms with van der Waals surface area (Å²) in [7, 11) is -0.411. The van der Waals surface area contributed by atoms with Crippen molar-refractivity contribution in [3.8, 4) is 0 Å². The number of likely N-dealkylation sites (tertiary alicyclic amines) is 1. The van der Waals surface area contributed by atoms with E-state index in [1.165, 1.54) is 4.31 Å². The first kappa shape index (κ1) is 20.1. The Hall–Kier alpha value is -2.22. The predicted octanol–water partition coefficient (Wildman–Crippen LogP) is 2.55. The fourth-order valence-electron chi connectivity index (χ4n) is 4.67. The highest BCUT2D eigenvalue weighted by atomic mass is 32.2. The molecule has 2 heterocycles. The Labute approximate surface area is 172 Å². The number of fused-ring (bicyclic) bond motifs is 1. The van der Waals surface area contributed by atoms with Crippen molar-refractivity contribution in [3.63, 3.8) is 0 Å². The molecular formula is C22H27N3O3S. The van der Waals surface area contributed by atoms with Crippen LogP contribution in [0.15, 0.2) is 54.6 Å². The van der Waals surface area contributed by atoms with Crippen LogP contribution in [0.2, 0.25) is 0 Å². The van der Waals surface area contributed by atoms with E-state index in [9.17, 15) is 13.2 Å². The van der Waals surface area contributed by atoms with Crippen LogP contribution >= 0.6 is 0 Å². The van der Waals surface area contributed by atoms with Gasteiger partial charge in [0.2, 0.25) is 0 Å². The summed E-state index contributed by atoms with van der Waals surface area (Å²) >= 11 is 0. The zero-order chi connectivity index (χ0) is 20.8. The van der Waals surface area contributed by atoms with Crippen molar-refractivity contribution < 1.29 is 13.2 Å². The number of carbonyl (C=O) groups excluding carboxylic acids is 1. The minimum absolute atomic E-state index is 0.0336. The van der Waals surface area contributed by atoms with Crippen molar-refractivity contribution in [1.82, 2.24) is 13.5 Å². The van der Waals surface area contributed by atoms with Crippen LogP contribution in [0.25, 0.3) is 0 Å². The Morgan fingerprint density at radius 1 is 0.966 bits per heavy atom. The molecule has 0 bridgehead atoms. The summed E-state index contributed by atoms with van der Waals surface area (Å²) in [6, 6.07) is 17.1. The van der Waals surface area contributed by atoms with Gasteiger partial charge in [-0.25, -0.2) is 0 Å². The first-order valence-electron chi connectivity index (χ1n) is 9.90. The summed E-state index contributed by atoms with van der Waals surface area (Å²) in [5.41, 5.74) is 2.67. The molecule has 1 amide bonds. The minimum atomic E-state index is -3.55. The van der Waals surface area contributed by atoms with Crippen LogP contribution < -0.4 is 0 Å². The molecule has 0 unspecified atom stereocenters. The number of hydrogen-bond donors (Lipinski definition) is 0. The van der Waals surface area contributed by atoms with Gasteiger partial charge in [-0.2, -0.15) is 17.0 Å². The van der Waals surface area contributed by atoms with Crippen LogP contribution in [0.3, 0.4) is 0 Å². The van der Waals surface area contributed by atoms with Crippen LogP contribution in [0.5, 0.6) is 0 Å². The zero-order valence-corrected chi connectivity index (χ0v) is 17.8. The van der Waals surface area contributed by atoms with Crippen molar-refractivity contribution in [2.75, 3.05) is 33.7 Å². The SMILES string of the molecule is Cc1ccccc1C(=O)N1C[C@H]2CN(S(=O)(=O)N(C)C)[C@H](c3ccccc3)[C@H]2C1. The lowest BCUT2D eigenvalue weighted by Gasteiger charge is -2.31. The third-order valence-electron chi connectivity index (χ3n) is 6.18. The molecule has 0 aliphatic carbocycles. The maximum absolute atomic E-state index is 13.1. The molecule has 154 valence electrons. The fraction of sp³-hybridized carbons (Fsp3) is 0.409. The van der Waals surface area contributed by atoms with Crippen molar-refractivity contribution in [3.05, 3.63) is 71.3 Å². The quantitative estimate of drug-likeness (QED) is 0.774. The number of hydrogen-bond acceptors (Lipinski definition) is 3. The molecule has 6 nitrogen and oxygen atoms in total. The molecule has 0 spiro atoms. The Bertz CT molecular complexity index is 1010. The third kappa shape index (κ3) is 3.47. The van der Waals surface area contributed by atoms with E-state index in [0.29, 0.717) is 19.6 Å². The van der Waals surface area contributed by atoms with Gasteiger partial charge in [0.05, 0.1) is 6.04 Å². The second-order valence-electron chi connectivity index (χ2n) is 8.16. The summed E-state index contributed by atoms with van der Waals surface area (Å²) < 4.78 is 28.9. The molecule has 0 N–H and O–H groups in total. The Kier molecular flexibility index (Phi) is 5.23. The summed E-state index contributed by atoms with van der Waals surface area (Å²) in [6.45, 7) is 3.53. The molecule has 0 saturated carbocycles. The minimum Gasteiger partial charge on any atom is -0.338 e. The van der Waals surface area contributed by atoms with Gasteiger partial charge < -0.3 is 4.90 Å². The molecule has 29 heavy (non-hydrogen) atoms. The number of carbonyl (C=O) groups is 1. The molecule has 2 saturated heterocycles. The molecule has 0 radical (unpaired) electrons. The van der Waals surface area contributed by atoms with Crippen LogP contribution in [-0.2, 0) is 10.2 Å². The van der Waals surface area contributed by atoms with Gasteiger partial charge >= 0.3 is 0 Å². The average Bonchev–Trinajstić information content (AvgIpc) is 3.26. The van der Waals surface area contributed by atoms with E-state index in [1.54, 1.807) is 18.4 Å². The second-order valence-corrected chi connectivity index (χ2v) is 10.3. The average molecular weight is 414 g/mol. The highest BCUT2D eigenvalue weighted by Gasteiger charge is 2.52. The van der Waals surface area contributed by atoms with Crippen LogP contribution in [0.1, 0.15) is 27.5 Å². The molecule has 2 aromatic carbocycles. The number of aryl methyl sites for hydroxylation is 1. The van der Waals surface area contributed by atoms with E-state index < -0.39 is 10.2 Å². The Balaban J connectivity index is 1.65. The molecule has 3 atom stereocenters. The lowest BCUT2D eigenvalue weighted by atomic mass is 9.90. The van der Waals surface area contributed by atoms with Crippen molar-refractivity contribution >= 4 is 16.1 Å². The van der Waals surface area contributed by atoms with Crippen LogP contribution in [-0.4, -0.2) is 61.6 Å². The van der Waals surface area contributed by atoms with Gasteiger partial charge in [-0.05, 0) is 30.0 Å². The number of amides is 1. The van der Waals surface area contributed by atoms with Gasteiger partial charge in [0.25, 0.3) is 16.1 Å². The normalized spacial score (nSPS) is 24.8. The summed E-state index contributed by atoms with van der Waals surface area (Å²) in [5, 5.41) is 0. The van der Waals surface area contributed by atoms with E-state index >= 15 is 0 Å². The second kappa shape index (κ2) is 7.55. The summed E-state index contributed by atoms with van der Waals surface area (Å²) in [6.07, 6.45) is 0. The first-order chi connectivity index (χ1) is 13.8. The van der Waals surface area contributed by atoms with Gasteiger partial charge in [-0.1, -0.05) is 48.5 Å². The zero-order valence-electron chi connectivity index (χ0n) is 17.0. The van der Waals surface area contributed by atoms with Crippen molar-refractivity contribution in [2.24, 2.45) is 11.8 Å². The standard InChI is InChI=1S/C22H27N3O3S/c1-16-9-7-8-12-19(16)22(26)24-13-18-14-25(29(27,28)23(2)3)21(20(18)15-24)17-10-5-4-6-11-17/h4-12,18,20-21H,13-15H2,1-3H3/t18-,20-,21+/m0/s1. The number of rotatable bonds is 4. The van der Waals surface area contributed by atoms with Gasteiger partial charge in [-0.15, -0.1) is 0 Å². The van der Waals surface area contributed by atoms with Gasteiger partial charge in [0, 0.05) is 45.2 Å². The summed E-state index contributed by atoms with van der Waals surface area (Å²) in [4.78, 5) is 15.0. The smallest absolute Gasteiger partial charge is 0.282 e. The molecule has 2 aromatic rings. The molecule has 2 aliphatic heterocycles. The molecule has 0 aromatic heterocycles. The molecular weight excluding hydrogens is 386 g/mol. The molecule has 2 fully saturated rings. The Morgan fingerprint density at radius 3 is 2.28 bits per heavy atom. The molecule has 2 aliphatic rings. The lowest BCUT2D eigenvalue weighted by Crippen LogP contribution is -2.42. The predicted molar refractivity (Wildman–Crippen MR) is 113 cm³/mol. The van der Waals surface area contributed by atoms with Crippen molar-refractivity contribution in [2.45, 2.75) is 13.0 Å².